The van der Waals surface area contributed by atoms with Crippen molar-refractivity contribution < 1.29 is 9.53 Å². The number of rotatable bonds is 6. The van der Waals surface area contributed by atoms with Gasteiger partial charge in [0.05, 0.1) is 6.54 Å². The Balaban J connectivity index is 0.00000324. The molecule has 114 valence electrons. The first-order valence-corrected chi connectivity index (χ1v) is 6.69. The number of carbonyl (C=O) groups excluding carboxylic acids is 1. The van der Waals surface area contributed by atoms with E-state index >= 15 is 0 Å². The molecule has 0 aliphatic carbocycles. The zero-order valence-corrected chi connectivity index (χ0v) is 13.1. The van der Waals surface area contributed by atoms with Crippen molar-refractivity contribution in [3.8, 4) is 0 Å². The average molecular weight is 294 g/mol. The molecule has 5 nitrogen and oxygen atoms in total. The predicted molar refractivity (Wildman–Crippen MR) is 79.6 cm³/mol. The van der Waals surface area contributed by atoms with E-state index in [4.69, 9.17) is 10.5 Å². The SMILES string of the molecule is CN(CC(=O)NC1CCOCC1)CC(C)(C)CN.Cl. The molecule has 0 spiro atoms. The Morgan fingerprint density at radius 3 is 2.53 bits per heavy atom. The summed E-state index contributed by atoms with van der Waals surface area (Å²) in [6, 6.07) is 0.280. The molecule has 0 radical (unpaired) electrons. The molecule has 0 bridgehead atoms. The van der Waals surface area contributed by atoms with E-state index in [1.807, 2.05) is 11.9 Å². The second-order valence-electron chi connectivity index (χ2n) is 5.99. The fraction of sp³-hybridized carbons (Fsp3) is 0.923. The molecule has 3 N–H and O–H groups in total. The zero-order chi connectivity index (χ0) is 13.6. The minimum Gasteiger partial charge on any atom is -0.381 e. The quantitative estimate of drug-likeness (QED) is 0.753. The fourth-order valence-corrected chi connectivity index (χ4v) is 2.21. The molecule has 0 unspecified atom stereocenters. The first-order valence-electron chi connectivity index (χ1n) is 6.69. The van der Waals surface area contributed by atoms with Crippen LogP contribution < -0.4 is 11.1 Å². The Bertz CT molecular complexity index is 269. The van der Waals surface area contributed by atoms with E-state index in [0.717, 1.165) is 32.6 Å². The Labute approximate surface area is 122 Å². The van der Waals surface area contributed by atoms with Gasteiger partial charge in [0.25, 0.3) is 0 Å². The lowest BCUT2D eigenvalue weighted by molar-refractivity contribution is -0.123. The number of likely N-dealkylation sites (N-methyl/N-ethyl adjacent to an activating group) is 1. The highest BCUT2D eigenvalue weighted by Gasteiger charge is 2.21. The summed E-state index contributed by atoms with van der Waals surface area (Å²) < 4.78 is 5.27. The minimum absolute atomic E-state index is 0. The Morgan fingerprint density at radius 2 is 2.00 bits per heavy atom. The molecular weight excluding hydrogens is 266 g/mol. The third-order valence-corrected chi connectivity index (χ3v) is 3.25. The van der Waals surface area contributed by atoms with Gasteiger partial charge in [-0.2, -0.15) is 0 Å². The smallest absolute Gasteiger partial charge is 0.234 e. The first-order chi connectivity index (χ1) is 8.43. The van der Waals surface area contributed by atoms with Crippen LogP contribution >= 0.6 is 12.4 Å². The largest absolute Gasteiger partial charge is 0.381 e. The van der Waals surface area contributed by atoms with Gasteiger partial charge in [-0.15, -0.1) is 12.4 Å². The van der Waals surface area contributed by atoms with Gasteiger partial charge in [0.2, 0.25) is 5.91 Å². The summed E-state index contributed by atoms with van der Waals surface area (Å²) >= 11 is 0. The average Bonchev–Trinajstić information content (AvgIpc) is 2.29. The van der Waals surface area contributed by atoms with Crippen LogP contribution in [0.1, 0.15) is 26.7 Å². The van der Waals surface area contributed by atoms with Gasteiger partial charge in [-0.1, -0.05) is 13.8 Å². The van der Waals surface area contributed by atoms with Crippen molar-refractivity contribution in [1.82, 2.24) is 10.2 Å². The van der Waals surface area contributed by atoms with E-state index in [1.54, 1.807) is 0 Å². The zero-order valence-electron chi connectivity index (χ0n) is 12.3. The predicted octanol–water partition coefficient (Wildman–Crippen LogP) is 0.620. The third kappa shape index (κ3) is 7.72. The molecule has 0 aromatic heterocycles. The number of hydrogen-bond donors (Lipinski definition) is 2. The maximum atomic E-state index is 11.9. The van der Waals surface area contributed by atoms with E-state index in [9.17, 15) is 4.79 Å². The summed E-state index contributed by atoms with van der Waals surface area (Å²) in [4.78, 5) is 13.9. The Kier molecular flexibility index (Phi) is 8.57. The first kappa shape index (κ1) is 18.6. The maximum Gasteiger partial charge on any atom is 0.234 e. The van der Waals surface area contributed by atoms with Crippen LogP contribution in [0.25, 0.3) is 0 Å². The van der Waals surface area contributed by atoms with Crippen LogP contribution in [-0.2, 0) is 9.53 Å². The van der Waals surface area contributed by atoms with E-state index < -0.39 is 0 Å². The molecule has 1 aliphatic rings. The second kappa shape index (κ2) is 8.74. The highest BCUT2D eigenvalue weighted by Crippen LogP contribution is 2.13. The molecule has 1 heterocycles. The van der Waals surface area contributed by atoms with E-state index in [0.29, 0.717) is 13.1 Å². The molecule has 6 heteroatoms. The number of ether oxygens (including phenoxy) is 1. The monoisotopic (exact) mass is 293 g/mol. The molecule has 1 saturated heterocycles. The molecule has 1 fully saturated rings. The number of halogens is 1. The van der Waals surface area contributed by atoms with E-state index in [2.05, 4.69) is 19.2 Å². The molecule has 1 aliphatic heterocycles. The molecule has 0 saturated carbocycles. The van der Waals surface area contributed by atoms with Gasteiger partial charge in [0.1, 0.15) is 0 Å². The molecule has 19 heavy (non-hydrogen) atoms. The second-order valence-corrected chi connectivity index (χ2v) is 5.99. The van der Waals surface area contributed by atoms with Crippen LogP contribution in [0.3, 0.4) is 0 Å². The van der Waals surface area contributed by atoms with Crippen LogP contribution in [0, 0.1) is 5.41 Å². The van der Waals surface area contributed by atoms with Crippen molar-refractivity contribution >= 4 is 18.3 Å². The van der Waals surface area contributed by atoms with Crippen LogP contribution in [0.2, 0.25) is 0 Å². The number of nitrogens with one attached hydrogen (secondary N) is 1. The standard InChI is InChI=1S/C13H27N3O2.ClH/c1-13(2,9-14)10-16(3)8-12(17)15-11-4-6-18-7-5-11;/h11H,4-10,14H2,1-3H3,(H,15,17);1H. The molecule has 1 rings (SSSR count). The van der Waals surface area contributed by atoms with Crippen molar-refractivity contribution in [2.75, 3.05) is 39.9 Å². The van der Waals surface area contributed by atoms with Crippen molar-refractivity contribution in [3.05, 3.63) is 0 Å². The van der Waals surface area contributed by atoms with Gasteiger partial charge in [-0.3, -0.25) is 9.69 Å². The minimum atomic E-state index is 0. The van der Waals surface area contributed by atoms with Gasteiger partial charge in [-0.05, 0) is 31.8 Å². The van der Waals surface area contributed by atoms with Crippen molar-refractivity contribution in [3.63, 3.8) is 0 Å². The summed E-state index contributed by atoms with van der Waals surface area (Å²) in [5.41, 5.74) is 5.74. The van der Waals surface area contributed by atoms with E-state index in [-0.39, 0.29) is 29.8 Å². The van der Waals surface area contributed by atoms with Crippen LogP contribution in [-0.4, -0.2) is 56.7 Å². The van der Waals surface area contributed by atoms with Gasteiger partial charge in [0, 0.05) is 25.8 Å². The summed E-state index contributed by atoms with van der Waals surface area (Å²) in [5.74, 6) is 0.0946. The number of carbonyl (C=O) groups is 1. The Hall–Kier alpha value is -0.360. The fourth-order valence-electron chi connectivity index (χ4n) is 2.21. The molecular formula is C13H28ClN3O2. The van der Waals surface area contributed by atoms with Crippen LogP contribution in [0.4, 0.5) is 0 Å². The van der Waals surface area contributed by atoms with Crippen molar-refractivity contribution in [2.24, 2.45) is 11.1 Å². The molecule has 0 aromatic carbocycles. The lowest BCUT2D eigenvalue weighted by Crippen LogP contribution is -2.45. The third-order valence-electron chi connectivity index (χ3n) is 3.25. The lowest BCUT2D eigenvalue weighted by atomic mass is 9.93. The van der Waals surface area contributed by atoms with Gasteiger partial charge >= 0.3 is 0 Å². The van der Waals surface area contributed by atoms with Gasteiger partial charge in [0.15, 0.2) is 0 Å². The normalized spacial score (nSPS) is 17.1. The number of nitrogens with zero attached hydrogens (tertiary/aromatic N) is 1. The summed E-state index contributed by atoms with van der Waals surface area (Å²) in [6.07, 6.45) is 1.84. The lowest BCUT2D eigenvalue weighted by Gasteiger charge is -2.29. The maximum absolute atomic E-state index is 11.9. The number of nitrogens with two attached hydrogens (primary N) is 1. The van der Waals surface area contributed by atoms with Crippen LogP contribution in [0.15, 0.2) is 0 Å². The molecule has 0 aromatic rings. The number of hydrogen-bond acceptors (Lipinski definition) is 4. The summed E-state index contributed by atoms with van der Waals surface area (Å²) in [7, 11) is 1.96. The summed E-state index contributed by atoms with van der Waals surface area (Å²) in [6.45, 7) is 7.60. The topological polar surface area (TPSA) is 67.6 Å². The van der Waals surface area contributed by atoms with Gasteiger partial charge in [-0.25, -0.2) is 0 Å². The van der Waals surface area contributed by atoms with Crippen molar-refractivity contribution in [2.45, 2.75) is 32.7 Å². The molecule has 0 atom stereocenters. The van der Waals surface area contributed by atoms with E-state index in [1.165, 1.54) is 0 Å². The molecule has 1 amide bonds. The number of amides is 1. The van der Waals surface area contributed by atoms with Crippen LogP contribution in [0.5, 0.6) is 0 Å². The Morgan fingerprint density at radius 1 is 1.42 bits per heavy atom. The summed E-state index contributed by atoms with van der Waals surface area (Å²) in [5, 5.41) is 3.06. The highest BCUT2D eigenvalue weighted by atomic mass is 35.5. The highest BCUT2D eigenvalue weighted by molar-refractivity contribution is 5.85. The van der Waals surface area contributed by atoms with Gasteiger partial charge < -0.3 is 15.8 Å². The van der Waals surface area contributed by atoms with Crippen molar-refractivity contribution in [1.29, 1.82) is 0 Å².